The molecule has 0 saturated heterocycles. The molecule has 0 aliphatic heterocycles. The Morgan fingerprint density at radius 1 is 0.941 bits per heavy atom. The lowest BCUT2D eigenvalue weighted by atomic mass is 10.0. The molecule has 172 valence electrons. The standard InChI is InChI=1S/C29H29N3O2/c1-31(2)20-23-14-12-22(13-15-23)16-17-32(29(34)24-8-4-3-5-9-24)26(21-33)18-25-19-30-28-11-7-6-10-27(25)28/h3-17,19,21,26,30H,18,20H2,1-2H3/b17-16+. The second-order valence-corrected chi connectivity index (χ2v) is 8.64. The topological polar surface area (TPSA) is 56.4 Å². The number of hydrogen-bond acceptors (Lipinski definition) is 3. The molecule has 1 aromatic heterocycles. The Morgan fingerprint density at radius 3 is 2.35 bits per heavy atom. The number of H-pyrrole nitrogens is 1. The smallest absolute Gasteiger partial charge is 0.258 e. The van der Waals surface area contributed by atoms with E-state index in [1.54, 1.807) is 18.3 Å². The summed E-state index contributed by atoms with van der Waals surface area (Å²) in [5.41, 5.74) is 4.73. The normalized spacial score (nSPS) is 12.3. The minimum absolute atomic E-state index is 0.210. The van der Waals surface area contributed by atoms with Crippen molar-refractivity contribution in [1.29, 1.82) is 0 Å². The SMILES string of the molecule is CN(C)Cc1ccc(/C=C/N(C(=O)c2ccccc2)C(C=O)Cc2c[nH]c3ccccc23)cc1. The molecule has 1 heterocycles. The van der Waals surface area contributed by atoms with Crippen LogP contribution in [0.1, 0.15) is 27.0 Å². The Labute approximate surface area is 200 Å². The second-order valence-electron chi connectivity index (χ2n) is 8.64. The first kappa shape index (κ1) is 23.2. The minimum Gasteiger partial charge on any atom is -0.361 e. The number of rotatable bonds is 9. The Morgan fingerprint density at radius 2 is 1.65 bits per heavy atom. The molecule has 0 bridgehead atoms. The van der Waals surface area contributed by atoms with Gasteiger partial charge in [-0.1, -0.05) is 60.7 Å². The van der Waals surface area contributed by atoms with Crippen molar-refractivity contribution in [2.75, 3.05) is 14.1 Å². The van der Waals surface area contributed by atoms with Gasteiger partial charge in [0.1, 0.15) is 6.29 Å². The van der Waals surface area contributed by atoms with Crippen LogP contribution in [0.15, 0.2) is 91.3 Å². The van der Waals surface area contributed by atoms with Gasteiger partial charge in [-0.2, -0.15) is 0 Å². The second kappa shape index (κ2) is 10.8. The van der Waals surface area contributed by atoms with Crippen LogP contribution >= 0.6 is 0 Å². The number of aromatic nitrogens is 1. The third kappa shape index (κ3) is 5.50. The van der Waals surface area contributed by atoms with E-state index in [4.69, 9.17) is 0 Å². The molecule has 4 rings (SSSR count). The molecule has 0 spiro atoms. The van der Waals surface area contributed by atoms with Crippen molar-refractivity contribution in [2.24, 2.45) is 0 Å². The molecule has 1 atom stereocenters. The first-order chi connectivity index (χ1) is 16.5. The molecule has 34 heavy (non-hydrogen) atoms. The van der Waals surface area contributed by atoms with Crippen molar-refractivity contribution in [3.05, 3.63) is 114 Å². The van der Waals surface area contributed by atoms with Gasteiger partial charge in [0.25, 0.3) is 5.91 Å². The van der Waals surface area contributed by atoms with E-state index in [9.17, 15) is 9.59 Å². The molecule has 1 amide bonds. The lowest BCUT2D eigenvalue weighted by molar-refractivity contribution is -0.111. The van der Waals surface area contributed by atoms with Gasteiger partial charge in [0.2, 0.25) is 0 Å². The van der Waals surface area contributed by atoms with Gasteiger partial charge in [0.05, 0.1) is 6.04 Å². The number of carbonyl (C=O) groups is 2. The summed E-state index contributed by atoms with van der Waals surface area (Å²) in [7, 11) is 4.07. The Hall–Kier alpha value is -3.96. The fourth-order valence-electron chi connectivity index (χ4n) is 4.06. The van der Waals surface area contributed by atoms with Crippen LogP contribution in [0.2, 0.25) is 0 Å². The number of nitrogens with one attached hydrogen (secondary N) is 1. The fraction of sp³-hybridized carbons (Fsp3) is 0.172. The summed E-state index contributed by atoms with van der Waals surface area (Å²) in [5, 5.41) is 1.06. The van der Waals surface area contributed by atoms with Crippen molar-refractivity contribution in [1.82, 2.24) is 14.8 Å². The van der Waals surface area contributed by atoms with Crippen molar-refractivity contribution < 1.29 is 9.59 Å². The highest BCUT2D eigenvalue weighted by molar-refractivity contribution is 5.97. The number of nitrogens with zero attached hydrogens (tertiary/aromatic N) is 2. The highest BCUT2D eigenvalue weighted by atomic mass is 16.2. The largest absolute Gasteiger partial charge is 0.361 e. The molecule has 0 saturated carbocycles. The molecular formula is C29H29N3O2. The summed E-state index contributed by atoms with van der Waals surface area (Å²) in [6.45, 7) is 0.862. The van der Waals surface area contributed by atoms with Gasteiger partial charge in [-0.05, 0) is 55.1 Å². The van der Waals surface area contributed by atoms with Crippen molar-refractivity contribution in [3.63, 3.8) is 0 Å². The molecule has 3 aromatic carbocycles. The van der Waals surface area contributed by atoms with Gasteiger partial charge in [0, 0.05) is 41.8 Å². The van der Waals surface area contributed by atoms with E-state index < -0.39 is 6.04 Å². The van der Waals surface area contributed by atoms with E-state index in [0.29, 0.717) is 12.0 Å². The molecule has 0 radical (unpaired) electrons. The third-order valence-corrected chi connectivity index (χ3v) is 5.78. The summed E-state index contributed by atoms with van der Waals surface area (Å²) < 4.78 is 0. The van der Waals surface area contributed by atoms with E-state index in [-0.39, 0.29) is 5.91 Å². The van der Waals surface area contributed by atoms with Crippen LogP contribution in [-0.2, 0) is 17.8 Å². The number of aldehydes is 1. The van der Waals surface area contributed by atoms with Crippen LogP contribution in [0.3, 0.4) is 0 Å². The van der Waals surface area contributed by atoms with E-state index in [0.717, 1.165) is 34.9 Å². The van der Waals surface area contributed by atoms with Crippen LogP contribution < -0.4 is 0 Å². The number of fused-ring (bicyclic) bond motifs is 1. The van der Waals surface area contributed by atoms with Crippen molar-refractivity contribution in [2.45, 2.75) is 19.0 Å². The third-order valence-electron chi connectivity index (χ3n) is 5.78. The number of amides is 1. The maximum Gasteiger partial charge on any atom is 0.258 e. The lowest BCUT2D eigenvalue weighted by Crippen LogP contribution is -2.38. The van der Waals surface area contributed by atoms with Crippen LogP contribution in [0.4, 0.5) is 0 Å². The molecule has 5 heteroatoms. The Balaban J connectivity index is 1.63. The number of para-hydroxylation sites is 1. The van der Waals surface area contributed by atoms with Crippen LogP contribution in [0, 0.1) is 0 Å². The summed E-state index contributed by atoms with van der Waals surface area (Å²) in [6, 6.07) is 24.6. The Kier molecular flexibility index (Phi) is 7.35. The summed E-state index contributed by atoms with van der Waals surface area (Å²) in [6.07, 6.45) is 6.79. The minimum atomic E-state index is -0.642. The van der Waals surface area contributed by atoms with Gasteiger partial charge in [0.15, 0.2) is 0 Å². The number of hydrogen-bond donors (Lipinski definition) is 1. The number of carbonyl (C=O) groups excluding carboxylic acids is 2. The van der Waals surface area contributed by atoms with E-state index in [2.05, 4.69) is 22.0 Å². The first-order valence-corrected chi connectivity index (χ1v) is 11.3. The van der Waals surface area contributed by atoms with Crippen LogP contribution in [0.25, 0.3) is 17.0 Å². The van der Waals surface area contributed by atoms with Crippen molar-refractivity contribution in [3.8, 4) is 0 Å². The molecule has 0 fully saturated rings. The maximum absolute atomic E-state index is 13.4. The highest BCUT2D eigenvalue weighted by Crippen LogP contribution is 2.21. The van der Waals surface area contributed by atoms with E-state index >= 15 is 0 Å². The van der Waals surface area contributed by atoms with Gasteiger partial charge in [-0.25, -0.2) is 0 Å². The molecule has 5 nitrogen and oxygen atoms in total. The number of benzene rings is 3. The average Bonchev–Trinajstić information content (AvgIpc) is 3.27. The number of aromatic amines is 1. The molecule has 0 aliphatic rings. The van der Waals surface area contributed by atoms with Crippen molar-refractivity contribution >= 4 is 29.2 Å². The predicted molar refractivity (Wildman–Crippen MR) is 137 cm³/mol. The summed E-state index contributed by atoms with van der Waals surface area (Å²) >= 11 is 0. The molecule has 1 unspecified atom stereocenters. The zero-order valence-corrected chi connectivity index (χ0v) is 19.5. The first-order valence-electron chi connectivity index (χ1n) is 11.3. The zero-order valence-electron chi connectivity index (χ0n) is 19.5. The predicted octanol–water partition coefficient (Wildman–Crippen LogP) is 5.15. The average molecular weight is 452 g/mol. The van der Waals surface area contributed by atoms with E-state index in [1.807, 2.05) is 81.0 Å². The summed E-state index contributed by atoms with van der Waals surface area (Å²) in [5.74, 6) is -0.210. The quantitative estimate of drug-likeness (QED) is 0.358. The zero-order chi connectivity index (χ0) is 23.9. The van der Waals surface area contributed by atoms with Gasteiger partial charge in [-0.3, -0.25) is 4.79 Å². The van der Waals surface area contributed by atoms with Crippen LogP contribution in [-0.4, -0.2) is 47.1 Å². The maximum atomic E-state index is 13.4. The molecule has 1 N–H and O–H groups in total. The van der Waals surface area contributed by atoms with E-state index in [1.165, 1.54) is 10.5 Å². The fourth-order valence-corrected chi connectivity index (χ4v) is 4.06. The van der Waals surface area contributed by atoms with Gasteiger partial charge in [-0.15, -0.1) is 0 Å². The highest BCUT2D eigenvalue weighted by Gasteiger charge is 2.24. The van der Waals surface area contributed by atoms with Gasteiger partial charge >= 0.3 is 0 Å². The van der Waals surface area contributed by atoms with Crippen LogP contribution in [0.5, 0.6) is 0 Å². The lowest BCUT2D eigenvalue weighted by Gasteiger charge is -2.25. The summed E-state index contributed by atoms with van der Waals surface area (Å²) in [4.78, 5) is 32.6. The van der Waals surface area contributed by atoms with Gasteiger partial charge < -0.3 is 19.6 Å². The Bertz CT molecular complexity index is 1270. The molecular weight excluding hydrogens is 422 g/mol. The molecule has 4 aromatic rings. The molecule has 0 aliphatic carbocycles. The monoisotopic (exact) mass is 451 g/mol.